The van der Waals surface area contributed by atoms with E-state index < -0.39 is 28.7 Å². The second-order valence-corrected chi connectivity index (χ2v) is 11.1. The smallest absolute Gasteiger partial charge is 0.244 e. The summed E-state index contributed by atoms with van der Waals surface area (Å²) in [5, 5.41) is 15.8. The molecule has 0 aromatic rings. The molecular weight excluding hydrogens is 390 g/mol. The van der Waals surface area contributed by atoms with Gasteiger partial charge < -0.3 is 20.6 Å². The van der Waals surface area contributed by atoms with Crippen LogP contribution in [-0.4, -0.2) is 69.5 Å². The van der Waals surface area contributed by atoms with Crippen molar-refractivity contribution in [3.63, 3.8) is 0 Å². The van der Waals surface area contributed by atoms with Crippen molar-refractivity contribution in [3.8, 4) is 0 Å². The number of aliphatic hydroxyl groups is 1. The maximum absolute atomic E-state index is 13.7. The predicted octanol–water partition coefficient (Wildman–Crippen LogP) is 1.15. The molecule has 2 unspecified atom stereocenters. The minimum atomic E-state index is -0.655. The van der Waals surface area contributed by atoms with Gasteiger partial charge in [-0.2, -0.15) is 0 Å². The van der Waals surface area contributed by atoms with Crippen molar-refractivity contribution in [3.05, 3.63) is 0 Å². The summed E-state index contributed by atoms with van der Waals surface area (Å²) in [6, 6.07) is -1.10. The van der Waals surface area contributed by atoms with Crippen molar-refractivity contribution in [1.82, 2.24) is 15.5 Å². The molecule has 3 N–H and O–H groups in total. The number of carbonyl (C=O) groups is 3. The first-order chi connectivity index (χ1) is 13.7. The quantitative estimate of drug-likeness (QED) is 0.507. The monoisotopic (exact) mass is 425 g/mol. The Bertz CT molecular complexity index is 687. The van der Waals surface area contributed by atoms with Crippen molar-refractivity contribution >= 4 is 29.5 Å². The zero-order valence-corrected chi connectivity index (χ0v) is 19.0. The van der Waals surface area contributed by atoms with Crippen LogP contribution in [0.15, 0.2) is 0 Å². The number of amides is 3. The largest absolute Gasteiger partial charge is 0.394 e. The number of hydrogen-bond donors (Lipinski definition) is 3. The summed E-state index contributed by atoms with van der Waals surface area (Å²) >= 11 is 1.66. The second-order valence-electron chi connectivity index (χ2n) is 9.23. The number of rotatable bonds is 8. The van der Waals surface area contributed by atoms with Crippen molar-refractivity contribution in [1.29, 1.82) is 0 Å². The van der Waals surface area contributed by atoms with Gasteiger partial charge in [0.1, 0.15) is 6.04 Å². The topological polar surface area (TPSA) is 98.7 Å². The lowest BCUT2D eigenvalue weighted by Gasteiger charge is -2.38. The van der Waals surface area contributed by atoms with Gasteiger partial charge in [-0.25, -0.2) is 0 Å². The predicted molar refractivity (Wildman–Crippen MR) is 113 cm³/mol. The number of unbranched alkanes of at least 4 members (excludes halogenated alkanes) is 1. The summed E-state index contributed by atoms with van der Waals surface area (Å²) in [4.78, 5) is 41.6. The van der Waals surface area contributed by atoms with Crippen LogP contribution in [0.2, 0.25) is 0 Å². The Labute approximate surface area is 177 Å². The van der Waals surface area contributed by atoms with E-state index in [0.29, 0.717) is 6.54 Å². The number of aliphatic hydroxyl groups excluding tert-OH is 1. The van der Waals surface area contributed by atoms with Crippen molar-refractivity contribution < 1.29 is 19.5 Å². The van der Waals surface area contributed by atoms with Crippen LogP contribution < -0.4 is 10.6 Å². The van der Waals surface area contributed by atoms with Crippen LogP contribution in [0.25, 0.3) is 0 Å². The van der Waals surface area contributed by atoms with Crippen LogP contribution >= 0.6 is 11.8 Å². The third-order valence-electron chi connectivity index (χ3n) is 7.14. The van der Waals surface area contributed by atoms with Gasteiger partial charge >= 0.3 is 0 Å². The minimum absolute atomic E-state index is 0.00126. The summed E-state index contributed by atoms with van der Waals surface area (Å²) in [6.07, 6.45) is 3.38. The lowest BCUT2D eigenvalue weighted by molar-refractivity contribution is -0.144. The van der Waals surface area contributed by atoms with Crippen LogP contribution in [0.3, 0.4) is 0 Å². The van der Waals surface area contributed by atoms with E-state index in [4.69, 9.17) is 0 Å². The molecule has 3 rings (SSSR count). The Morgan fingerprint density at radius 3 is 2.55 bits per heavy atom. The molecule has 0 saturated carbocycles. The Morgan fingerprint density at radius 2 is 2.00 bits per heavy atom. The first kappa shape index (κ1) is 22.4. The summed E-state index contributed by atoms with van der Waals surface area (Å²) < 4.78 is -0.956. The van der Waals surface area contributed by atoms with Gasteiger partial charge in [0, 0.05) is 18.3 Å². The van der Waals surface area contributed by atoms with E-state index in [-0.39, 0.29) is 35.0 Å². The molecule has 1 spiro atoms. The molecule has 29 heavy (non-hydrogen) atoms. The Hall–Kier alpha value is -1.28. The van der Waals surface area contributed by atoms with Crippen LogP contribution in [0, 0.1) is 17.8 Å². The lowest BCUT2D eigenvalue weighted by atomic mass is 9.66. The number of nitrogens with zero attached hydrogens (tertiary/aromatic N) is 1. The zero-order valence-electron chi connectivity index (χ0n) is 18.2. The van der Waals surface area contributed by atoms with E-state index in [2.05, 4.69) is 24.5 Å². The third-order valence-corrected chi connectivity index (χ3v) is 9.12. The highest BCUT2D eigenvalue weighted by molar-refractivity contribution is 8.02. The lowest BCUT2D eigenvalue weighted by Crippen LogP contribution is -2.57. The second kappa shape index (κ2) is 8.10. The van der Waals surface area contributed by atoms with E-state index >= 15 is 0 Å². The van der Waals surface area contributed by atoms with Crippen molar-refractivity contribution in [2.24, 2.45) is 17.8 Å². The van der Waals surface area contributed by atoms with Crippen LogP contribution in [0.1, 0.15) is 53.4 Å². The molecule has 3 amide bonds. The average Bonchev–Trinajstić information content (AvgIpc) is 3.23. The molecule has 3 aliphatic rings. The van der Waals surface area contributed by atoms with E-state index in [0.717, 1.165) is 25.7 Å². The van der Waals surface area contributed by atoms with Crippen LogP contribution in [0.5, 0.6) is 0 Å². The van der Waals surface area contributed by atoms with Gasteiger partial charge in [-0.1, -0.05) is 27.2 Å². The number of nitrogens with one attached hydrogen (secondary N) is 2. The minimum Gasteiger partial charge on any atom is -0.394 e. The third kappa shape index (κ3) is 3.26. The number of likely N-dealkylation sites (tertiary alicyclic amines) is 1. The van der Waals surface area contributed by atoms with E-state index in [9.17, 15) is 19.5 Å². The number of thioether (sulfide) groups is 1. The first-order valence-electron chi connectivity index (χ1n) is 10.8. The molecule has 0 radical (unpaired) electrons. The van der Waals surface area contributed by atoms with Gasteiger partial charge in [0.25, 0.3) is 0 Å². The Balaban J connectivity index is 2.06. The van der Waals surface area contributed by atoms with Gasteiger partial charge in [-0.15, -0.1) is 11.8 Å². The molecule has 3 heterocycles. The normalized spacial score (nSPS) is 36.4. The van der Waals surface area contributed by atoms with Gasteiger partial charge in [0.2, 0.25) is 17.7 Å². The highest BCUT2D eigenvalue weighted by Crippen LogP contribution is 2.71. The first-order valence-corrected chi connectivity index (χ1v) is 11.6. The fourth-order valence-corrected chi connectivity index (χ4v) is 8.02. The molecule has 0 aromatic heterocycles. The molecule has 0 aromatic carbocycles. The van der Waals surface area contributed by atoms with Gasteiger partial charge in [-0.05, 0) is 32.1 Å². The Kier molecular flexibility index (Phi) is 6.26. The van der Waals surface area contributed by atoms with Crippen LogP contribution in [0.4, 0.5) is 0 Å². The number of fused-ring (bicyclic) bond motifs is 1. The van der Waals surface area contributed by atoms with Crippen molar-refractivity contribution in [2.75, 3.05) is 20.2 Å². The highest BCUT2D eigenvalue weighted by atomic mass is 32.2. The standard InChI is InChI=1S/C21H35N3O4S/c1-6-7-10-23-18(27)16-21-9-8-20(4,29-21)14(17(26)22-5)15(21)19(28)24(16)13(11-25)12(2)3/h12-16,25H,6-11H2,1-5H3,(H,22,26)(H,23,27)/t13-,14+,15-,16?,20-,21?/m0/s1. The zero-order chi connectivity index (χ0) is 21.6. The number of hydrogen-bond acceptors (Lipinski definition) is 5. The summed E-state index contributed by atoms with van der Waals surface area (Å²) in [5.74, 6) is -1.42. The molecule has 6 atom stereocenters. The summed E-state index contributed by atoms with van der Waals surface area (Å²) in [6.45, 7) is 8.40. The molecule has 8 heteroatoms. The highest BCUT2D eigenvalue weighted by Gasteiger charge is 2.77. The molecule has 7 nitrogen and oxygen atoms in total. The molecule has 0 aliphatic carbocycles. The van der Waals surface area contributed by atoms with Crippen molar-refractivity contribution in [2.45, 2.75) is 75.0 Å². The van der Waals surface area contributed by atoms with E-state index in [1.165, 1.54) is 0 Å². The van der Waals surface area contributed by atoms with Gasteiger partial charge in [-0.3, -0.25) is 14.4 Å². The summed E-state index contributed by atoms with van der Waals surface area (Å²) in [7, 11) is 1.60. The molecule has 3 saturated heterocycles. The fraction of sp³-hybridized carbons (Fsp3) is 0.857. The summed E-state index contributed by atoms with van der Waals surface area (Å²) in [5.41, 5.74) is 0. The van der Waals surface area contributed by atoms with Gasteiger partial charge in [0.05, 0.1) is 29.2 Å². The molecular formula is C21H35N3O4S. The number of carbonyl (C=O) groups excluding carboxylic acids is 3. The van der Waals surface area contributed by atoms with Crippen LogP contribution in [-0.2, 0) is 14.4 Å². The maximum atomic E-state index is 13.7. The van der Waals surface area contributed by atoms with Gasteiger partial charge in [0.15, 0.2) is 0 Å². The molecule has 2 bridgehead atoms. The van der Waals surface area contributed by atoms with E-state index in [1.54, 1.807) is 23.7 Å². The Morgan fingerprint density at radius 1 is 1.31 bits per heavy atom. The maximum Gasteiger partial charge on any atom is 0.244 e. The van der Waals surface area contributed by atoms with E-state index in [1.807, 2.05) is 13.8 Å². The fourth-order valence-electron chi connectivity index (χ4n) is 5.68. The molecule has 3 aliphatic heterocycles. The average molecular weight is 426 g/mol. The SMILES string of the molecule is CCCCNC(=O)C1N([C@@H](CO)C(C)C)C(=O)[C@@H]2[C@H](C(=O)NC)[C@]3(C)CCC12S3. The molecule has 3 fully saturated rings. The molecule has 164 valence electrons.